The third kappa shape index (κ3) is 3.33. The quantitative estimate of drug-likeness (QED) is 0.501. The molecule has 17 heavy (non-hydrogen) atoms. The Morgan fingerprint density at radius 2 is 2.29 bits per heavy atom. The van der Waals surface area contributed by atoms with E-state index in [0.29, 0.717) is 22.3 Å². The molecule has 0 fully saturated rings. The number of aldehydes is 1. The zero-order valence-electron chi connectivity index (χ0n) is 9.27. The largest absolute Gasteiger partial charge is 0.466 e. The lowest BCUT2D eigenvalue weighted by Gasteiger charge is -2.07. The Bertz CT molecular complexity index is 491. The molecule has 0 atom stereocenters. The van der Waals surface area contributed by atoms with Gasteiger partial charge >= 0.3 is 5.97 Å². The Labute approximate surface area is 105 Å². The molecule has 5 heteroatoms. The van der Waals surface area contributed by atoms with E-state index in [1.54, 1.807) is 6.92 Å². The summed E-state index contributed by atoms with van der Waals surface area (Å²) in [6.45, 7) is 1.96. The fraction of sp³-hybridized carbons (Fsp3) is 0.250. The van der Waals surface area contributed by atoms with Crippen molar-refractivity contribution >= 4 is 24.9 Å². The van der Waals surface area contributed by atoms with E-state index in [1.807, 2.05) is 6.07 Å². The minimum absolute atomic E-state index is 0.0845. The van der Waals surface area contributed by atoms with Gasteiger partial charge in [-0.1, -0.05) is 0 Å². The molecule has 4 nitrogen and oxygen atoms in total. The van der Waals surface area contributed by atoms with Crippen LogP contribution in [0.15, 0.2) is 17.0 Å². The van der Waals surface area contributed by atoms with Crippen LogP contribution in [0.1, 0.15) is 28.4 Å². The Morgan fingerprint density at radius 1 is 1.59 bits per heavy atom. The predicted molar refractivity (Wildman–Crippen MR) is 64.1 cm³/mol. The van der Waals surface area contributed by atoms with Gasteiger partial charge in [-0.2, -0.15) is 5.26 Å². The van der Waals surface area contributed by atoms with Gasteiger partial charge < -0.3 is 4.74 Å². The summed E-state index contributed by atoms with van der Waals surface area (Å²) in [6.07, 6.45) is 0.522. The highest BCUT2D eigenvalue weighted by atomic mass is 32.1. The summed E-state index contributed by atoms with van der Waals surface area (Å²) in [5.41, 5.74) is 0.952. The summed E-state index contributed by atoms with van der Waals surface area (Å²) in [5.74, 6) is -0.459. The minimum atomic E-state index is -0.459. The molecule has 0 saturated heterocycles. The van der Waals surface area contributed by atoms with Crippen molar-refractivity contribution in [3.05, 3.63) is 28.8 Å². The van der Waals surface area contributed by atoms with Crippen LogP contribution < -0.4 is 0 Å². The van der Waals surface area contributed by atoms with Crippen molar-refractivity contribution in [2.75, 3.05) is 6.61 Å². The number of nitriles is 1. The van der Waals surface area contributed by atoms with E-state index in [0.717, 1.165) is 0 Å². The van der Waals surface area contributed by atoms with E-state index in [2.05, 4.69) is 12.6 Å². The van der Waals surface area contributed by atoms with Crippen LogP contribution in [0.3, 0.4) is 0 Å². The van der Waals surface area contributed by atoms with Gasteiger partial charge in [0.2, 0.25) is 0 Å². The zero-order valence-corrected chi connectivity index (χ0v) is 10.2. The molecule has 1 rings (SSSR count). The molecule has 0 unspecified atom stereocenters. The van der Waals surface area contributed by atoms with Crippen molar-refractivity contribution in [2.45, 2.75) is 18.2 Å². The number of carbonyl (C=O) groups excluding carboxylic acids is 2. The van der Waals surface area contributed by atoms with Crippen LogP contribution in [-0.2, 0) is 16.0 Å². The van der Waals surface area contributed by atoms with E-state index in [-0.39, 0.29) is 18.6 Å². The number of rotatable bonds is 4. The summed E-state index contributed by atoms with van der Waals surface area (Å²) < 4.78 is 4.79. The van der Waals surface area contributed by atoms with E-state index >= 15 is 0 Å². The summed E-state index contributed by atoms with van der Waals surface area (Å²) in [5, 5.41) is 8.95. The summed E-state index contributed by atoms with van der Waals surface area (Å²) in [6, 6.07) is 4.98. The smallest absolute Gasteiger partial charge is 0.310 e. The first kappa shape index (κ1) is 13.3. The molecule has 0 heterocycles. The van der Waals surface area contributed by atoms with Crippen molar-refractivity contribution < 1.29 is 14.3 Å². The van der Waals surface area contributed by atoms with Crippen molar-refractivity contribution in [3.63, 3.8) is 0 Å². The zero-order chi connectivity index (χ0) is 12.8. The van der Waals surface area contributed by atoms with E-state index < -0.39 is 5.97 Å². The number of nitrogens with zero attached hydrogens (tertiary/aromatic N) is 1. The Morgan fingerprint density at radius 3 is 2.82 bits per heavy atom. The van der Waals surface area contributed by atoms with E-state index in [4.69, 9.17) is 10.00 Å². The molecule has 88 valence electrons. The van der Waals surface area contributed by atoms with Gasteiger partial charge in [-0.15, -0.1) is 12.6 Å². The molecule has 0 amide bonds. The molecule has 0 N–H and O–H groups in total. The maximum absolute atomic E-state index is 11.4. The number of thiol groups is 1. The van der Waals surface area contributed by atoms with Crippen molar-refractivity contribution in [1.29, 1.82) is 5.26 Å². The molecule has 0 bridgehead atoms. The topological polar surface area (TPSA) is 67.2 Å². The highest BCUT2D eigenvalue weighted by Gasteiger charge is 2.14. The fourth-order valence-electron chi connectivity index (χ4n) is 1.44. The average molecular weight is 249 g/mol. The van der Waals surface area contributed by atoms with Crippen LogP contribution in [0, 0.1) is 11.3 Å². The highest BCUT2D eigenvalue weighted by molar-refractivity contribution is 7.80. The number of hydrogen-bond acceptors (Lipinski definition) is 5. The monoisotopic (exact) mass is 249 g/mol. The highest BCUT2D eigenvalue weighted by Crippen LogP contribution is 2.19. The van der Waals surface area contributed by atoms with Crippen molar-refractivity contribution in [3.8, 4) is 6.07 Å². The maximum atomic E-state index is 11.4. The van der Waals surface area contributed by atoms with Crippen LogP contribution in [0.25, 0.3) is 0 Å². The number of hydrogen-bond donors (Lipinski definition) is 1. The van der Waals surface area contributed by atoms with Gasteiger partial charge in [0, 0.05) is 10.5 Å². The maximum Gasteiger partial charge on any atom is 0.310 e. The lowest BCUT2D eigenvalue weighted by Crippen LogP contribution is -2.10. The van der Waals surface area contributed by atoms with E-state index in [1.165, 1.54) is 12.1 Å². The number of esters is 1. The lowest BCUT2D eigenvalue weighted by molar-refractivity contribution is -0.142. The fourth-order valence-corrected chi connectivity index (χ4v) is 1.71. The second kappa shape index (κ2) is 6.06. The lowest BCUT2D eigenvalue weighted by atomic mass is 9.99. The Balaban J connectivity index is 3.16. The summed E-state index contributed by atoms with van der Waals surface area (Å²) in [4.78, 5) is 22.8. The summed E-state index contributed by atoms with van der Waals surface area (Å²) in [7, 11) is 0. The first-order chi connectivity index (χ1) is 8.12. The Hall–Kier alpha value is -1.80. The van der Waals surface area contributed by atoms with Crippen molar-refractivity contribution in [2.24, 2.45) is 0 Å². The molecule has 0 aliphatic rings. The second-order valence-corrected chi connectivity index (χ2v) is 3.79. The minimum Gasteiger partial charge on any atom is -0.466 e. The summed E-state index contributed by atoms with van der Waals surface area (Å²) >= 11 is 4.08. The van der Waals surface area contributed by atoms with Gasteiger partial charge in [-0.25, -0.2) is 0 Å². The van der Waals surface area contributed by atoms with Crippen LogP contribution >= 0.6 is 12.6 Å². The number of carbonyl (C=O) groups is 2. The number of benzene rings is 1. The third-order valence-corrected chi connectivity index (χ3v) is 2.40. The SMILES string of the molecule is CCOC(=O)Cc1c(C#N)cc(S)cc1C=O. The molecule has 0 aromatic heterocycles. The number of ether oxygens (including phenoxy) is 1. The predicted octanol–water partition coefficient (Wildman–Crippen LogP) is 1.77. The molecular formula is C12H11NO3S. The molecule has 0 saturated carbocycles. The van der Waals surface area contributed by atoms with Gasteiger partial charge in [0.05, 0.1) is 24.7 Å². The Kier molecular flexibility index (Phi) is 4.73. The van der Waals surface area contributed by atoms with Gasteiger partial charge in [-0.05, 0) is 24.6 Å². The molecule has 0 spiro atoms. The van der Waals surface area contributed by atoms with Gasteiger partial charge in [0.15, 0.2) is 0 Å². The van der Waals surface area contributed by atoms with Crippen molar-refractivity contribution in [1.82, 2.24) is 0 Å². The average Bonchev–Trinajstić information content (AvgIpc) is 2.31. The molecule has 0 aliphatic carbocycles. The normalized spacial score (nSPS) is 9.47. The van der Waals surface area contributed by atoms with Gasteiger partial charge in [0.25, 0.3) is 0 Å². The van der Waals surface area contributed by atoms with E-state index in [9.17, 15) is 9.59 Å². The standard InChI is InChI=1S/C12H11NO3S/c1-2-16-12(15)5-11-8(6-13)3-10(17)4-9(11)7-14/h3-4,7,17H,2,5H2,1H3. The van der Waals surface area contributed by atoms with Crippen LogP contribution in [-0.4, -0.2) is 18.9 Å². The van der Waals surface area contributed by atoms with Gasteiger partial charge in [-0.3, -0.25) is 9.59 Å². The molecule has 0 aliphatic heterocycles. The van der Waals surface area contributed by atoms with Crippen LogP contribution in [0.2, 0.25) is 0 Å². The van der Waals surface area contributed by atoms with Crippen LogP contribution in [0.5, 0.6) is 0 Å². The second-order valence-electron chi connectivity index (χ2n) is 3.27. The van der Waals surface area contributed by atoms with Crippen LogP contribution in [0.4, 0.5) is 0 Å². The first-order valence-electron chi connectivity index (χ1n) is 4.99. The first-order valence-corrected chi connectivity index (χ1v) is 5.43. The van der Waals surface area contributed by atoms with Gasteiger partial charge in [0.1, 0.15) is 6.29 Å². The molecular weight excluding hydrogens is 238 g/mol. The molecule has 1 aromatic carbocycles. The molecule has 1 aromatic rings. The molecule has 0 radical (unpaired) electrons. The third-order valence-electron chi connectivity index (χ3n) is 2.14.